The fraction of sp³-hybridized carbons (Fsp3) is 0.438. The Balaban J connectivity index is 1.95. The molecule has 1 amide bonds. The molecule has 0 aliphatic carbocycles. The lowest BCUT2D eigenvalue weighted by Gasteiger charge is -2.28. The number of rotatable bonds is 3. The van der Waals surface area contributed by atoms with Gasteiger partial charge in [-0.2, -0.15) is 18.3 Å². The molecule has 26 heavy (non-hydrogen) atoms. The van der Waals surface area contributed by atoms with Crippen LogP contribution in [0.2, 0.25) is 5.02 Å². The predicted octanol–water partition coefficient (Wildman–Crippen LogP) is 2.81. The fourth-order valence-corrected chi connectivity index (χ4v) is 3.21. The van der Waals surface area contributed by atoms with Crippen molar-refractivity contribution in [1.82, 2.24) is 25.4 Å². The summed E-state index contributed by atoms with van der Waals surface area (Å²) in [6.45, 7) is 2.65. The molecule has 1 fully saturated rings. The summed E-state index contributed by atoms with van der Waals surface area (Å²) in [5.41, 5.74) is -1.75. The van der Waals surface area contributed by atoms with E-state index in [1.165, 1.54) is 18.3 Å². The van der Waals surface area contributed by atoms with E-state index in [0.29, 0.717) is 24.1 Å². The number of hydrogen-bond donors (Lipinski definition) is 2. The van der Waals surface area contributed by atoms with E-state index >= 15 is 0 Å². The molecule has 10 heteroatoms. The van der Waals surface area contributed by atoms with E-state index in [0.717, 1.165) is 6.20 Å². The van der Waals surface area contributed by atoms with Crippen LogP contribution in [0.1, 0.15) is 35.8 Å². The Morgan fingerprint density at radius 3 is 2.88 bits per heavy atom. The molecule has 0 saturated carbocycles. The summed E-state index contributed by atoms with van der Waals surface area (Å²) in [7, 11) is 0. The lowest BCUT2D eigenvalue weighted by Crippen LogP contribution is -2.46. The third-order valence-corrected chi connectivity index (χ3v) is 4.48. The third kappa shape index (κ3) is 3.83. The third-order valence-electron chi connectivity index (χ3n) is 4.18. The number of nitrogens with one attached hydrogen (secondary N) is 2. The molecule has 2 unspecified atom stereocenters. The first-order valence-corrected chi connectivity index (χ1v) is 8.45. The molecule has 2 aromatic heterocycles. The minimum absolute atomic E-state index is 0.000220. The SMILES string of the molecule is CC1CC(NC(=O)c2cnn(-c3ncccc3Cl)c2C(F)(F)F)CCN1. The second-order valence-electron chi connectivity index (χ2n) is 6.18. The predicted molar refractivity (Wildman–Crippen MR) is 89.3 cm³/mol. The molecule has 1 saturated heterocycles. The largest absolute Gasteiger partial charge is 0.434 e. The monoisotopic (exact) mass is 387 g/mol. The minimum Gasteiger partial charge on any atom is -0.349 e. The Kier molecular flexibility index (Phi) is 5.19. The number of halogens is 4. The number of nitrogens with zero attached hydrogens (tertiary/aromatic N) is 3. The van der Waals surface area contributed by atoms with Gasteiger partial charge in [-0.05, 0) is 38.4 Å². The second kappa shape index (κ2) is 7.24. The summed E-state index contributed by atoms with van der Waals surface area (Å²) in [5, 5.41) is 9.61. The van der Waals surface area contributed by atoms with Crippen LogP contribution in [-0.2, 0) is 6.18 Å². The number of amides is 1. The number of piperidine rings is 1. The molecule has 2 N–H and O–H groups in total. The molecule has 6 nitrogen and oxygen atoms in total. The summed E-state index contributed by atoms with van der Waals surface area (Å²) >= 11 is 5.94. The van der Waals surface area contributed by atoms with Gasteiger partial charge in [-0.15, -0.1) is 0 Å². The van der Waals surface area contributed by atoms with Gasteiger partial charge in [-0.1, -0.05) is 11.6 Å². The summed E-state index contributed by atoms with van der Waals surface area (Å²) < 4.78 is 41.5. The Morgan fingerprint density at radius 1 is 1.46 bits per heavy atom. The molecule has 3 heterocycles. The average molecular weight is 388 g/mol. The normalized spacial score (nSPS) is 20.8. The van der Waals surface area contributed by atoms with E-state index in [-0.39, 0.29) is 22.9 Å². The Labute approximate surface area is 152 Å². The molecule has 1 aliphatic rings. The summed E-state index contributed by atoms with van der Waals surface area (Å²) in [6.07, 6.45) is -1.30. The molecular formula is C16H17ClF3N5O. The maximum Gasteiger partial charge on any atom is 0.434 e. The van der Waals surface area contributed by atoms with Crippen LogP contribution < -0.4 is 10.6 Å². The Morgan fingerprint density at radius 2 is 2.23 bits per heavy atom. The van der Waals surface area contributed by atoms with Gasteiger partial charge in [-0.3, -0.25) is 4.79 Å². The molecule has 0 radical (unpaired) electrons. The highest BCUT2D eigenvalue weighted by Gasteiger charge is 2.41. The van der Waals surface area contributed by atoms with Crippen LogP contribution in [0, 0.1) is 0 Å². The average Bonchev–Trinajstić information content (AvgIpc) is 3.00. The standard InChI is InChI=1S/C16H17ClF3N5O/c1-9-7-10(4-6-21-9)24-15(26)11-8-23-25(13(11)16(18,19)20)14-12(17)3-2-5-22-14/h2-3,5,8-10,21H,4,6-7H2,1H3,(H,24,26). The first-order chi connectivity index (χ1) is 12.3. The van der Waals surface area contributed by atoms with Crippen molar-refractivity contribution < 1.29 is 18.0 Å². The first kappa shape index (κ1) is 18.7. The molecule has 0 aromatic carbocycles. The Hall–Kier alpha value is -2.13. The Bertz CT molecular complexity index is 807. The van der Waals surface area contributed by atoms with Gasteiger partial charge >= 0.3 is 6.18 Å². The van der Waals surface area contributed by atoms with Crippen molar-refractivity contribution in [1.29, 1.82) is 0 Å². The van der Waals surface area contributed by atoms with Gasteiger partial charge in [0.2, 0.25) is 0 Å². The number of pyridine rings is 1. The van der Waals surface area contributed by atoms with Gasteiger partial charge in [0.1, 0.15) is 0 Å². The number of alkyl halides is 3. The van der Waals surface area contributed by atoms with Crippen molar-refractivity contribution in [2.75, 3.05) is 6.54 Å². The molecule has 140 valence electrons. The van der Waals surface area contributed by atoms with Gasteiger partial charge in [-0.25, -0.2) is 9.67 Å². The maximum atomic E-state index is 13.6. The van der Waals surface area contributed by atoms with Crippen LogP contribution in [0.4, 0.5) is 13.2 Å². The highest BCUT2D eigenvalue weighted by Crippen LogP contribution is 2.34. The fourth-order valence-electron chi connectivity index (χ4n) is 3.01. The highest BCUT2D eigenvalue weighted by atomic mass is 35.5. The quantitative estimate of drug-likeness (QED) is 0.849. The van der Waals surface area contributed by atoms with Crippen LogP contribution in [0.25, 0.3) is 5.82 Å². The van der Waals surface area contributed by atoms with Gasteiger partial charge in [0, 0.05) is 18.3 Å². The number of carbonyl (C=O) groups is 1. The topological polar surface area (TPSA) is 71.8 Å². The van der Waals surface area contributed by atoms with Crippen molar-refractivity contribution in [3.8, 4) is 5.82 Å². The number of hydrogen-bond acceptors (Lipinski definition) is 4. The van der Waals surface area contributed by atoms with E-state index in [1.54, 1.807) is 0 Å². The zero-order valence-electron chi connectivity index (χ0n) is 13.8. The number of carbonyl (C=O) groups excluding carboxylic acids is 1. The highest BCUT2D eigenvalue weighted by molar-refractivity contribution is 6.32. The van der Waals surface area contributed by atoms with E-state index in [9.17, 15) is 18.0 Å². The van der Waals surface area contributed by atoms with Crippen LogP contribution in [0.5, 0.6) is 0 Å². The second-order valence-corrected chi connectivity index (χ2v) is 6.58. The zero-order valence-corrected chi connectivity index (χ0v) is 14.6. The molecule has 1 aliphatic heterocycles. The molecule has 2 aromatic rings. The van der Waals surface area contributed by atoms with Crippen molar-refractivity contribution in [3.05, 3.63) is 40.8 Å². The molecule has 0 spiro atoms. The van der Waals surface area contributed by atoms with Gasteiger partial charge < -0.3 is 10.6 Å². The summed E-state index contributed by atoms with van der Waals surface area (Å²) in [4.78, 5) is 16.3. The van der Waals surface area contributed by atoms with E-state index < -0.39 is 23.3 Å². The van der Waals surface area contributed by atoms with E-state index in [4.69, 9.17) is 11.6 Å². The molecule has 0 bridgehead atoms. The van der Waals surface area contributed by atoms with Gasteiger partial charge in [0.25, 0.3) is 5.91 Å². The molecule has 3 rings (SSSR count). The van der Waals surface area contributed by atoms with E-state index in [2.05, 4.69) is 20.7 Å². The first-order valence-electron chi connectivity index (χ1n) is 8.07. The van der Waals surface area contributed by atoms with Crippen LogP contribution in [-0.4, -0.2) is 39.3 Å². The summed E-state index contributed by atoms with van der Waals surface area (Å²) in [6, 6.07) is 2.89. The van der Waals surface area contributed by atoms with Crippen molar-refractivity contribution in [2.24, 2.45) is 0 Å². The van der Waals surface area contributed by atoms with Crippen molar-refractivity contribution in [3.63, 3.8) is 0 Å². The lowest BCUT2D eigenvalue weighted by atomic mass is 10.0. The van der Waals surface area contributed by atoms with E-state index in [1.807, 2.05) is 6.92 Å². The van der Waals surface area contributed by atoms with Crippen LogP contribution in [0.15, 0.2) is 24.5 Å². The van der Waals surface area contributed by atoms with Crippen LogP contribution >= 0.6 is 11.6 Å². The lowest BCUT2D eigenvalue weighted by molar-refractivity contribution is -0.143. The molecular weight excluding hydrogens is 371 g/mol. The smallest absolute Gasteiger partial charge is 0.349 e. The minimum atomic E-state index is -4.80. The van der Waals surface area contributed by atoms with Gasteiger partial charge in [0.05, 0.1) is 16.8 Å². The number of aromatic nitrogens is 3. The zero-order chi connectivity index (χ0) is 18.9. The van der Waals surface area contributed by atoms with Crippen molar-refractivity contribution >= 4 is 17.5 Å². The van der Waals surface area contributed by atoms with Crippen molar-refractivity contribution in [2.45, 2.75) is 38.0 Å². The summed E-state index contributed by atoms with van der Waals surface area (Å²) in [5.74, 6) is -0.995. The maximum absolute atomic E-state index is 13.6. The molecule has 2 atom stereocenters. The van der Waals surface area contributed by atoms with Gasteiger partial charge in [0.15, 0.2) is 11.5 Å². The van der Waals surface area contributed by atoms with Crippen LogP contribution in [0.3, 0.4) is 0 Å².